The van der Waals surface area contributed by atoms with Crippen LogP contribution in [0.5, 0.6) is 0 Å². The Kier molecular flexibility index (Phi) is 4.41. The summed E-state index contributed by atoms with van der Waals surface area (Å²) >= 11 is 1.56. The van der Waals surface area contributed by atoms with Crippen molar-refractivity contribution in [2.75, 3.05) is 26.2 Å². The molecule has 3 rings (SSSR count). The van der Waals surface area contributed by atoms with E-state index < -0.39 is 0 Å². The summed E-state index contributed by atoms with van der Waals surface area (Å²) in [7, 11) is 0. The molecule has 1 aliphatic carbocycles. The molecule has 1 aromatic heterocycles. The first-order chi connectivity index (χ1) is 9.74. The molecule has 2 aliphatic rings. The molecule has 0 aromatic carbocycles. The van der Waals surface area contributed by atoms with Gasteiger partial charge in [0.15, 0.2) is 0 Å². The highest BCUT2D eigenvalue weighted by atomic mass is 32.1. The van der Waals surface area contributed by atoms with Gasteiger partial charge < -0.3 is 9.80 Å². The fourth-order valence-electron chi connectivity index (χ4n) is 3.63. The van der Waals surface area contributed by atoms with Gasteiger partial charge in [-0.1, -0.05) is 13.0 Å². The SMILES string of the molecule is CC1CCC([NH+]2CCN(C(=O)c3cccs3)CC2)CC1. The van der Waals surface area contributed by atoms with Crippen molar-refractivity contribution in [2.45, 2.75) is 38.6 Å². The van der Waals surface area contributed by atoms with Crippen molar-refractivity contribution in [1.82, 2.24) is 4.90 Å². The largest absolute Gasteiger partial charge is 0.330 e. The molecule has 0 atom stereocenters. The van der Waals surface area contributed by atoms with Crippen LogP contribution in [0.3, 0.4) is 0 Å². The van der Waals surface area contributed by atoms with Gasteiger partial charge in [0.05, 0.1) is 37.1 Å². The van der Waals surface area contributed by atoms with Crippen LogP contribution in [-0.4, -0.2) is 43.0 Å². The van der Waals surface area contributed by atoms with Crippen LogP contribution in [-0.2, 0) is 0 Å². The van der Waals surface area contributed by atoms with Gasteiger partial charge in [0.1, 0.15) is 0 Å². The molecule has 1 aromatic rings. The van der Waals surface area contributed by atoms with Crippen LogP contribution in [0, 0.1) is 5.92 Å². The molecule has 2 heterocycles. The van der Waals surface area contributed by atoms with Gasteiger partial charge in [0, 0.05) is 0 Å². The van der Waals surface area contributed by atoms with E-state index in [1.807, 2.05) is 22.4 Å². The van der Waals surface area contributed by atoms with Gasteiger partial charge in [-0.15, -0.1) is 11.3 Å². The fourth-order valence-corrected chi connectivity index (χ4v) is 4.32. The summed E-state index contributed by atoms with van der Waals surface area (Å²) in [6.07, 6.45) is 5.56. The lowest BCUT2D eigenvalue weighted by Gasteiger charge is -2.38. The average Bonchev–Trinajstić information content (AvgIpc) is 3.02. The van der Waals surface area contributed by atoms with Crippen LogP contribution in [0.25, 0.3) is 0 Å². The molecule has 1 amide bonds. The lowest BCUT2D eigenvalue weighted by molar-refractivity contribution is -0.930. The number of carbonyl (C=O) groups is 1. The van der Waals surface area contributed by atoms with Crippen molar-refractivity contribution in [3.05, 3.63) is 22.4 Å². The third-order valence-electron chi connectivity index (χ3n) is 5.02. The summed E-state index contributed by atoms with van der Waals surface area (Å²) in [5.41, 5.74) is 0. The molecule has 2 fully saturated rings. The molecule has 110 valence electrons. The fraction of sp³-hybridized carbons (Fsp3) is 0.688. The van der Waals surface area contributed by atoms with Crippen molar-refractivity contribution in [1.29, 1.82) is 0 Å². The number of carbonyl (C=O) groups excluding carboxylic acids is 1. The quantitative estimate of drug-likeness (QED) is 0.881. The number of quaternary nitrogens is 1. The van der Waals surface area contributed by atoms with Crippen molar-refractivity contribution < 1.29 is 9.69 Å². The number of hydrogen-bond acceptors (Lipinski definition) is 2. The first-order valence-electron chi connectivity index (χ1n) is 7.91. The maximum absolute atomic E-state index is 12.3. The second-order valence-electron chi connectivity index (χ2n) is 6.38. The van der Waals surface area contributed by atoms with E-state index in [1.165, 1.54) is 25.7 Å². The number of piperazine rings is 1. The van der Waals surface area contributed by atoms with Crippen LogP contribution >= 0.6 is 11.3 Å². The average molecular weight is 293 g/mol. The monoisotopic (exact) mass is 293 g/mol. The minimum absolute atomic E-state index is 0.233. The predicted molar refractivity (Wildman–Crippen MR) is 82.3 cm³/mol. The highest BCUT2D eigenvalue weighted by molar-refractivity contribution is 7.12. The first-order valence-corrected chi connectivity index (χ1v) is 8.79. The maximum Gasteiger partial charge on any atom is 0.264 e. The van der Waals surface area contributed by atoms with Crippen LogP contribution < -0.4 is 4.90 Å². The van der Waals surface area contributed by atoms with Crippen LogP contribution in [0.15, 0.2) is 17.5 Å². The van der Waals surface area contributed by atoms with Crippen LogP contribution in [0.2, 0.25) is 0 Å². The summed E-state index contributed by atoms with van der Waals surface area (Å²) in [6.45, 7) is 6.51. The molecule has 0 spiro atoms. The minimum Gasteiger partial charge on any atom is -0.330 e. The van der Waals surface area contributed by atoms with Gasteiger partial charge in [-0.3, -0.25) is 4.79 Å². The predicted octanol–water partition coefficient (Wildman–Crippen LogP) is 1.67. The summed E-state index contributed by atoms with van der Waals surface area (Å²) in [6, 6.07) is 4.75. The van der Waals surface area contributed by atoms with E-state index in [0.29, 0.717) is 0 Å². The molecule has 1 N–H and O–H groups in total. The maximum atomic E-state index is 12.3. The second kappa shape index (κ2) is 6.27. The Labute approximate surface area is 125 Å². The molecular weight excluding hydrogens is 268 g/mol. The number of thiophene rings is 1. The zero-order valence-electron chi connectivity index (χ0n) is 12.3. The highest BCUT2D eigenvalue weighted by Crippen LogP contribution is 2.22. The van der Waals surface area contributed by atoms with Gasteiger partial charge in [-0.05, 0) is 43.0 Å². The Bertz CT molecular complexity index is 429. The van der Waals surface area contributed by atoms with Gasteiger partial charge in [0.25, 0.3) is 5.91 Å². The number of nitrogens with zero attached hydrogens (tertiary/aromatic N) is 1. The van der Waals surface area contributed by atoms with Gasteiger partial charge in [0.2, 0.25) is 0 Å². The van der Waals surface area contributed by atoms with E-state index in [0.717, 1.165) is 43.0 Å². The van der Waals surface area contributed by atoms with E-state index in [4.69, 9.17) is 0 Å². The zero-order chi connectivity index (χ0) is 13.9. The minimum atomic E-state index is 0.233. The standard InChI is InChI=1S/C16H24N2OS/c1-13-4-6-14(7-5-13)17-8-10-18(11-9-17)16(19)15-3-2-12-20-15/h2-3,12-14H,4-11H2,1H3/p+1. The van der Waals surface area contributed by atoms with E-state index >= 15 is 0 Å². The van der Waals surface area contributed by atoms with Crippen LogP contribution in [0.4, 0.5) is 0 Å². The number of amides is 1. The molecular formula is C16H25N2OS+. The van der Waals surface area contributed by atoms with Crippen LogP contribution in [0.1, 0.15) is 42.3 Å². The van der Waals surface area contributed by atoms with E-state index in [1.54, 1.807) is 16.2 Å². The van der Waals surface area contributed by atoms with E-state index in [2.05, 4.69) is 6.92 Å². The van der Waals surface area contributed by atoms with Crippen molar-refractivity contribution in [3.63, 3.8) is 0 Å². The van der Waals surface area contributed by atoms with E-state index in [-0.39, 0.29) is 5.91 Å². The molecule has 20 heavy (non-hydrogen) atoms. The topological polar surface area (TPSA) is 24.8 Å². The van der Waals surface area contributed by atoms with Gasteiger partial charge in [-0.2, -0.15) is 0 Å². The summed E-state index contributed by atoms with van der Waals surface area (Å²) in [5.74, 6) is 1.16. The lowest BCUT2D eigenvalue weighted by Crippen LogP contribution is -3.18. The number of hydrogen-bond donors (Lipinski definition) is 1. The van der Waals surface area contributed by atoms with Crippen molar-refractivity contribution in [3.8, 4) is 0 Å². The number of nitrogens with one attached hydrogen (secondary N) is 1. The second-order valence-corrected chi connectivity index (χ2v) is 7.33. The molecule has 1 saturated heterocycles. The summed E-state index contributed by atoms with van der Waals surface area (Å²) in [4.78, 5) is 17.0. The zero-order valence-corrected chi connectivity index (χ0v) is 13.1. The first kappa shape index (κ1) is 14.1. The molecule has 3 nitrogen and oxygen atoms in total. The van der Waals surface area contributed by atoms with Crippen molar-refractivity contribution in [2.24, 2.45) is 5.92 Å². The third kappa shape index (κ3) is 3.07. The normalized spacial score (nSPS) is 28.6. The Morgan fingerprint density at radius 2 is 1.95 bits per heavy atom. The third-order valence-corrected chi connectivity index (χ3v) is 5.88. The Morgan fingerprint density at radius 3 is 2.55 bits per heavy atom. The Morgan fingerprint density at radius 1 is 1.25 bits per heavy atom. The molecule has 1 saturated carbocycles. The molecule has 0 unspecified atom stereocenters. The van der Waals surface area contributed by atoms with E-state index in [9.17, 15) is 4.79 Å². The summed E-state index contributed by atoms with van der Waals surface area (Å²) in [5, 5.41) is 1.98. The molecule has 0 radical (unpaired) electrons. The molecule has 0 bridgehead atoms. The molecule has 4 heteroatoms. The molecule has 1 aliphatic heterocycles. The lowest BCUT2D eigenvalue weighted by atomic mass is 9.86. The summed E-state index contributed by atoms with van der Waals surface area (Å²) < 4.78 is 0. The van der Waals surface area contributed by atoms with Gasteiger partial charge >= 0.3 is 0 Å². The van der Waals surface area contributed by atoms with Gasteiger partial charge in [-0.25, -0.2) is 0 Å². The Hall–Kier alpha value is -0.870. The smallest absolute Gasteiger partial charge is 0.264 e. The van der Waals surface area contributed by atoms with Crippen molar-refractivity contribution >= 4 is 17.2 Å². The number of rotatable bonds is 2. The Balaban J connectivity index is 1.51. The highest BCUT2D eigenvalue weighted by Gasteiger charge is 2.31.